The Morgan fingerprint density at radius 2 is 2.20 bits per heavy atom. The molecule has 1 aromatic heterocycles. The maximum Gasteiger partial charge on any atom is 0.222 e. The molecule has 1 aliphatic carbocycles. The Morgan fingerprint density at radius 3 is 2.90 bits per heavy atom. The largest absolute Gasteiger partial charge is 0.342 e. The molecule has 1 saturated carbocycles. The highest BCUT2D eigenvalue weighted by Gasteiger charge is 2.42. The van der Waals surface area contributed by atoms with E-state index in [4.69, 9.17) is 5.73 Å². The molecule has 0 bridgehead atoms. The van der Waals surface area contributed by atoms with Gasteiger partial charge in [-0.15, -0.1) is 12.4 Å². The summed E-state index contributed by atoms with van der Waals surface area (Å²) in [6.07, 6.45) is 5.39. The van der Waals surface area contributed by atoms with Crippen LogP contribution in [0.25, 0.3) is 0 Å². The van der Waals surface area contributed by atoms with Crippen molar-refractivity contribution in [3.63, 3.8) is 0 Å². The Balaban J connectivity index is 0.00000147. The predicted octanol–water partition coefficient (Wildman–Crippen LogP) is 1.63. The number of nitrogens with zero attached hydrogens (tertiary/aromatic N) is 2. The van der Waals surface area contributed by atoms with E-state index >= 15 is 0 Å². The maximum absolute atomic E-state index is 12.2. The summed E-state index contributed by atoms with van der Waals surface area (Å²) in [5.41, 5.74) is 7.09. The molecule has 3 unspecified atom stereocenters. The van der Waals surface area contributed by atoms with Gasteiger partial charge in [0, 0.05) is 37.4 Å². The second-order valence-corrected chi connectivity index (χ2v) is 5.78. The third kappa shape index (κ3) is 3.13. The lowest BCUT2D eigenvalue weighted by atomic mass is 9.98. The summed E-state index contributed by atoms with van der Waals surface area (Å²) in [7, 11) is 0. The number of pyridine rings is 1. The number of carbonyl (C=O) groups is 1. The van der Waals surface area contributed by atoms with Crippen LogP contribution in [0.4, 0.5) is 0 Å². The van der Waals surface area contributed by atoms with Crippen LogP contribution in [-0.4, -0.2) is 34.9 Å². The number of amides is 1. The summed E-state index contributed by atoms with van der Waals surface area (Å²) in [4.78, 5) is 18.5. The van der Waals surface area contributed by atoms with Gasteiger partial charge in [0.15, 0.2) is 0 Å². The number of halogens is 1. The van der Waals surface area contributed by atoms with Crippen molar-refractivity contribution in [1.82, 2.24) is 9.88 Å². The minimum absolute atomic E-state index is 0. The van der Waals surface area contributed by atoms with Crippen LogP contribution in [0.2, 0.25) is 0 Å². The highest BCUT2D eigenvalue weighted by atomic mass is 35.5. The van der Waals surface area contributed by atoms with E-state index in [0.717, 1.165) is 31.6 Å². The van der Waals surface area contributed by atoms with Crippen LogP contribution in [0, 0.1) is 11.8 Å². The maximum atomic E-state index is 12.2. The highest BCUT2D eigenvalue weighted by Crippen LogP contribution is 2.37. The Labute approximate surface area is 126 Å². The lowest BCUT2D eigenvalue weighted by molar-refractivity contribution is -0.130. The SMILES string of the molecule is Cl.NC1CCC2CN(C(=O)CCc3ccccn3)CC12. The van der Waals surface area contributed by atoms with Crippen LogP contribution in [0.5, 0.6) is 0 Å². The zero-order chi connectivity index (χ0) is 13.2. The molecule has 0 spiro atoms. The van der Waals surface area contributed by atoms with Crippen molar-refractivity contribution in [2.45, 2.75) is 31.7 Å². The van der Waals surface area contributed by atoms with Crippen LogP contribution in [-0.2, 0) is 11.2 Å². The number of fused-ring (bicyclic) bond motifs is 1. The molecular weight excluding hydrogens is 274 g/mol. The minimum atomic E-state index is 0. The van der Waals surface area contributed by atoms with Crippen LogP contribution in [0.15, 0.2) is 24.4 Å². The number of hydrogen-bond donors (Lipinski definition) is 1. The molecule has 3 rings (SSSR count). The van der Waals surface area contributed by atoms with Gasteiger partial charge in [-0.1, -0.05) is 6.07 Å². The van der Waals surface area contributed by atoms with Gasteiger partial charge in [-0.25, -0.2) is 0 Å². The first kappa shape index (κ1) is 15.3. The summed E-state index contributed by atoms with van der Waals surface area (Å²) in [6, 6.07) is 6.14. The molecule has 20 heavy (non-hydrogen) atoms. The predicted molar refractivity (Wildman–Crippen MR) is 80.6 cm³/mol. The van der Waals surface area contributed by atoms with Crippen molar-refractivity contribution in [1.29, 1.82) is 0 Å². The van der Waals surface area contributed by atoms with Gasteiger partial charge in [0.05, 0.1) is 0 Å². The molecule has 5 heteroatoms. The zero-order valence-corrected chi connectivity index (χ0v) is 12.4. The molecule has 2 N–H and O–H groups in total. The fourth-order valence-corrected chi connectivity index (χ4v) is 3.45. The molecule has 1 saturated heterocycles. The summed E-state index contributed by atoms with van der Waals surface area (Å²) in [6.45, 7) is 1.78. The number of rotatable bonds is 3. The van der Waals surface area contributed by atoms with Crippen LogP contribution < -0.4 is 5.73 Å². The molecule has 2 fully saturated rings. The van der Waals surface area contributed by atoms with E-state index in [2.05, 4.69) is 4.98 Å². The Hall–Kier alpha value is -1.13. The van der Waals surface area contributed by atoms with Crippen molar-refractivity contribution in [3.05, 3.63) is 30.1 Å². The normalized spacial score (nSPS) is 28.1. The molecule has 2 heterocycles. The lowest BCUT2D eigenvalue weighted by Crippen LogP contribution is -2.33. The summed E-state index contributed by atoms with van der Waals surface area (Å²) >= 11 is 0. The summed E-state index contributed by atoms with van der Waals surface area (Å²) in [5.74, 6) is 1.44. The van der Waals surface area contributed by atoms with Gasteiger partial charge in [0.2, 0.25) is 5.91 Å². The van der Waals surface area contributed by atoms with Gasteiger partial charge >= 0.3 is 0 Å². The van der Waals surface area contributed by atoms with E-state index < -0.39 is 0 Å². The van der Waals surface area contributed by atoms with Crippen molar-refractivity contribution in [2.24, 2.45) is 17.6 Å². The Morgan fingerprint density at radius 1 is 1.35 bits per heavy atom. The lowest BCUT2D eigenvalue weighted by Gasteiger charge is -2.18. The first-order valence-corrected chi connectivity index (χ1v) is 7.17. The highest BCUT2D eigenvalue weighted by molar-refractivity contribution is 5.85. The van der Waals surface area contributed by atoms with Crippen molar-refractivity contribution >= 4 is 18.3 Å². The average Bonchev–Trinajstić information content (AvgIpc) is 3.00. The van der Waals surface area contributed by atoms with Crippen molar-refractivity contribution in [3.8, 4) is 0 Å². The summed E-state index contributed by atoms with van der Waals surface area (Å²) in [5, 5.41) is 0. The second-order valence-electron chi connectivity index (χ2n) is 5.78. The molecule has 4 nitrogen and oxygen atoms in total. The first-order chi connectivity index (χ1) is 9.24. The van der Waals surface area contributed by atoms with Crippen molar-refractivity contribution < 1.29 is 4.79 Å². The van der Waals surface area contributed by atoms with Gasteiger partial charge in [-0.05, 0) is 43.2 Å². The smallest absolute Gasteiger partial charge is 0.222 e. The molecule has 3 atom stereocenters. The zero-order valence-electron chi connectivity index (χ0n) is 11.6. The fraction of sp³-hybridized carbons (Fsp3) is 0.600. The van der Waals surface area contributed by atoms with E-state index in [-0.39, 0.29) is 18.3 Å². The van der Waals surface area contributed by atoms with Gasteiger partial charge in [-0.3, -0.25) is 9.78 Å². The fourth-order valence-electron chi connectivity index (χ4n) is 3.45. The van der Waals surface area contributed by atoms with E-state index in [1.807, 2.05) is 23.1 Å². The van der Waals surface area contributed by atoms with E-state index in [1.165, 1.54) is 6.42 Å². The number of hydrogen-bond acceptors (Lipinski definition) is 3. The topological polar surface area (TPSA) is 59.2 Å². The number of nitrogens with two attached hydrogens (primary N) is 1. The monoisotopic (exact) mass is 295 g/mol. The van der Waals surface area contributed by atoms with Crippen molar-refractivity contribution in [2.75, 3.05) is 13.1 Å². The van der Waals surface area contributed by atoms with E-state index in [0.29, 0.717) is 24.3 Å². The van der Waals surface area contributed by atoms with E-state index in [9.17, 15) is 4.79 Å². The number of likely N-dealkylation sites (tertiary alicyclic amines) is 1. The van der Waals surface area contributed by atoms with Gasteiger partial charge in [0.1, 0.15) is 0 Å². The van der Waals surface area contributed by atoms with Crippen LogP contribution >= 0.6 is 12.4 Å². The van der Waals surface area contributed by atoms with Gasteiger partial charge < -0.3 is 10.6 Å². The standard InChI is InChI=1S/C15H21N3O.ClH/c16-14-6-4-11-9-18(10-13(11)14)15(19)7-5-12-3-1-2-8-17-12;/h1-3,8,11,13-14H,4-7,9-10,16H2;1H. The molecule has 1 aliphatic heterocycles. The Bertz CT molecular complexity index is 454. The molecular formula is C15H22ClN3O. The molecule has 110 valence electrons. The number of aromatic nitrogens is 1. The van der Waals surface area contributed by atoms with Crippen LogP contribution in [0.1, 0.15) is 25.0 Å². The van der Waals surface area contributed by atoms with Crippen LogP contribution in [0.3, 0.4) is 0 Å². The van der Waals surface area contributed by atoms with E-state index in [1.54, 1.807) is 6.20 Å². The molecule has 1 amide bonds. The molecule has 0 radical (unpaired) electrons. The quantitative estimate of drug-likeness (QED) is 0.922. The molecule has 1 aromatic rings. The summed E-state index contributed by atoms with van der Waals surface area (Å²) < 4.78 is 0. The molecule has 0 aromatic carbocycles. The third-order valence-corrected chi connectivity index (χ3v) is 4.59. The number of carbonyl (C=O) groups excluding carboxylic acids is 1. The third-order valence-electron chi connectivity index (χ3n) is 4.59. The average molecular weight is 296 g/mol. The molecule has 2 aliphatic rings. The minimum Gasteiger partial charge on any atom is -0.342 e. The Kier molecular flexibility index (Phi) is 5.00. The van der Waals surface area contributed by atoms with Gasteiger partial charge in [0.25, 0.3) is 0 Å². The number of aryl methyl sites for hydroxylation is 1. The first-order valence-electron chi connectivity index (χ1n) is 7.17. The second kappa shape index (κ2) is 6.55. The van der Waals surface area contributed by atoms with Gasteiger partial charge in [-0.2, -0.15) is 0 Å².